The van der Waals surface area contributed by atoms with E-state index in [0.29, 0.717) is 28.1 Å². The first-order valence-electron chi connectivity index (χ1n) is 9.70. The number of aromatic nitrogens is 1. The molecule has 0 N–H and O–H groups in total. The van der Waals surface area contributed by atoms with Crippen LogP contribution in [0.5, 0.6) is 0 Å². The van der Waals surface area contributed by atoms with E-state index in [0.717, 1.165) is 4.47 Å². The molecule has 1 atom stereocenters. The molecule has 0 bridgehead atoms. The lowest BCUT2D eigenvalue weighted by atomic mass is 9.99. The summed E-state index contributed by atoms with van der Waals surface area (Å²) < 4.78 is 7.58. The van der Waals surface area contributed by atoms with Crippen LogP contribution in [0, 0.1) is 13.8 Å². The Hall–Kier alpha value is -2.67. The van der Waals surface area contributed by atoms with Gasteiger partial charge < -0.3 is 14.2 Å². The Balaban J connectivity index is 2.45. The molecule has 1 aromatic heterocycles. The van der Waals surface area contributed by atoms with Crippen LogP contribution < -0.4 is 0 Å². The topological polar surface area (TPSA) is 68.6 Å². The van der Waals surface area contributed by atoms with Gasteiger partial charge in [0.2, 0.25) is 0 Å². The van der Waals surface area contributed by atoms with Crippen molar-refractivity contribution in [3.63, 3.8) is 0 Å². The highest BCUT2D eigenvalue weighted by Crippen LogP contribution is 2.25. The molecular formula is C23H27BrN2O4. The molecular weight excluding hydrogens is 448 g/mol. The standard InChI is InChI=1S/C23H27BrN2O4/c1-7-12-26(22(28)17-10-9-11-18(24)13-17)16(5)21(27)19-14(3)20(23(29)30-8-2)25(6)15(19)4/h7,9-11,13,16H,1,8,12H2,2-6H3. The fraction of sp³-hybridized carbons (Fsp3) is 0.348. The summed E-state index contributed by atoms with van der Waals surface area (Å²) in [5, 5.41) is 0. The van der Waals surface area contributed by atoms with Crippen LogP contribution in [-0.4, -0.2) is 46.3 Å². The average molecular weight is 475 g/mol. The van der Waals surface area contributed by atoms with Crippen molar-refractivity contribution in [3.05, 3.63) is 69.5 Å². The molecule has 0 aliphatic rings. The highest BCUT2D eigenvalue weighted by Gasteiger charge is 2.32. The SMILES string of the molecule is C=CCN(C(=O)c1cccc(Br)c1)C(C)C(=O)c1c(C)c(C(=O)OCC)n(C)c1C. The smallest absolute Gasteiger partial charge is 0.355 e. The molecule has 160 valence electrons. The number of Topliss-reactive ketones (excluding diaryl/α,β-unsaturated/α-hetero) is 1. The van der Waals surface area contributed by atoms with E-state index in [4.69, 9.17) is 4.74 Å². The maximum atomic E-state index is 13.4. The molecule has 0 aliphatic carbocycles. The Morgan fingerprint density at radius 2 is 1.97 bits per heavy atom. The van der Waals surface area contributed by atoms with Gasteiger partial charge in [0, 0.05) is 34.9 Å². The van der Waals surface area contributed by atoms with Gasteiger partial charge in [-0.3, -0.25) is 9.59 Å². The second-order valence-corrected chi connectivity index (χ2v) is 7.93. The number of halogens is 1. The maximum absolute atomic E-state index is 13.4. The molecule has 0 aliphatic heterocycles. The number of carbonyl (C=O) groups excluding carboxylic acids is 3. The van der Waals surface area contributed by atoms with Gasteiger partial charge in [-0.2, -0.15) is 0 Å². The highest BCUT2D eigenvalue weighted by atomic mass is 79.9. The summed E-state index contributed by atoms with van der Waals surface area (Å²) >= 11 is 3.37. The van der Waals surface area contributed by atoms with Crippen molar-refractivity contribution in [2.75, 3.05) is 13.2 Å². The number of ether oxygens (including phenoxy) is 1. The Morgan fingerprint density at radius 3 is 2.53 bits per heavy atom. The van der Waals surface area contributed by atoms with E-state index in [1.165, 1.54) is 4.90 Å². The van der Waals surface area contributed by atoms with Crippen LogP contribution in [0.2, 0.25) is 0 Å². The van der Waals surface area contributed by atoms with Crippen molar-refractivity contribution in [2.24, 2.45) is 7.05 Å². The second kappa shape index (κ2) is 9.89. The summed E-state index contributed by atoms with van der Waals surface area (Å²) in [4.78, 5) is 40.4. The number of nitrogens with zero attached hydrogens (tertiary/aromatic N) is 2. The van der Waals surface area contributed by atoms with E-state index in [9.17, 15) is 14.4 Å². The Morgan fingerprint density at radius 1 is 1.30 bits per heavy atom. The minimum absolute atomic E-state index is 0.216. The van der Waals surface area contributed by atoms with Crippen LogP contribution in [0.25, 0.3) is 0 Å². The van der Waals surface area contributed by atoms with Gasteiger partial charge >= 0.3 is 5.97 Å². The van der Waals surface area contributed by atoms with Gasteiger partial charge in [0.15, 0.2) is 5.78 Å². The van der Waals surface area contributed by atoms with Crippen molar-refractivity contribution < 1.29 is 19.1 Å². The number of esters is 1. The van der Waals surface area contributed by atoms with Crippen LogP contribution in [0.3, 0.4) is 0 Å². The van der Waals surface area contributed by atoms with E-state index in [-0.39, 0.29) is 24.8 Å². The zero-order valence-electron chi connectivity index (χ0n) is 18.0. The molecule has 0 fully saturated rings. The fourth-order valence-electron chi connectivity index (χ4n) is 3.52. The molecule has 30 heavy (non-hydrogen) atoms. The van der Waals surface area contributed by atoms with E-state index in [1.54, 1.807) is 63.6 Å². The summed E-state index contributed by atoms with van der Waals surface area (Å²) in [6.07, 6.45) is 1.59. The monoisotopic (exact) mass is 474 g/mol. The largest absolute Gasteiger partial charge is 0.461 e. The summed E-state index contributed by atoms with van der Waals surface area (Å²) in [6, 6.07) is 6.28. The van der Waals surface area contributed by atoms with Gasteiger partial charge in [-0.15, -0.1) is 6.58 Å². The number of amides is 1. The molecule has 1 amide bonds. The molecule has 2 aromatic rings. The first kappa shape index (κ1) is 23.6. The predicted molar refractivity (Wildman–Crippen MR) is 120 cm³/mol. The minimum atomic E-state index is -0.746. The molecule has 1 unspecified atom stereocenters. The summed E-state index contributed by atoms with van der Waals surface area (Å²) in [5.41, 5.74) is 2.46. The molecule has 1 heterocycles. The van der Waals surface area contributed by atoms with Crippen LogP contribution in [0.4, 0.5) is 0 Å². The first-order chi connectivity index (χ1) is 14.1. The third-order valence-corrected chi connectivity index (χ3v) is 5.64. The zero-order valence-corrected chi connectivity index (χ0v) is 19.6. The van der Waals surface area contributed by atoms with E-state index >= 15 is 0 Å². The molecule has 0 spiro atoms. The molecule has 7 heteroatoms. The number of benzene rings is 1. The average Bonchev–Trinajstić information content (AvgIpc) is 2.93. The Kier molecular flexibility index (Phi) is 7.78. The van der Waals surface area contributed by atoms with Crippen LogP contribution >= 0.6 is 15.9 Å². The third kappa shape index (κ3) is 4.56. The fourth-order valence-corrected chi connectivity index (χ4v) is 3.92. The lowest BCUT2D eigenvalue weighted by Gasteiger charge is -2.27. The van der Waals surface area contributed by atoms with Crippen LogP contribution in [0.1, 0.15) is 56.3 Å². The van der Waals surface area contributed by atoms with Crippen molar-refractivity contribution in [3.8, 4) is 0 Å². The number of rotatable bonds is 8. The first-order valence-corrected chi connectivity index (χ1v) is 10.5. The molecule has 0 saturated carbocycles. The van der Waals surface area contributed by atoms with Crippen molar-refractivity contribution in [2.45, 2.75) is 33.7 Å². The minimum Gasteiger partial charge on any atom is -0.461 e. The number of hydrogen-bond donors (Lipinski definition) is 0. The van der Waals surface area contributed by atoms with Gasteiger partial charge in [-0.1, -0.05) is 28.1 Å². The van der Waals surface area contributed by atoms with E-state index in [1.807, 2.05) is 6.07 Å². The lowest BCUT2D eigenvalue weighted by molar-refractivity contribution is 0.0513. The summed E-state index contributed by atoms with van der Waals surface area (Å²) in [7, 11) is 1.73. The predicted octanol–water partition coefficient (Wildman–Crippen LogP) is 4.48. The number of carbonyl (C=O) groups is 3. The van der Waals surface area contributed by atoms with Gasteiger partial charge in [-0.05, 0) is 51.5 Å². The van der Waals surface area contributed by atoms with Crippen molar-refractivity contribution in [1.29, 1.82) is 0 Å². The molecule has 1 aromatic carbocycles. The van der Waals surface area contributed by atoms with Gasteiger partial charge in [0.25, 0.3) is 5.91 Å². The van der Waals surface area contributed by atoms with Crippen LogP contribution in [-0.2, 0) is 11.8 Å². The second-order valence-electron chi connectivity index (χ2n) is 7.01. The summed E-state index contributed by atoms with van der Waals surface area (Å²) in [6.45, 7) is 11.1. The molecule has 6 nitrogen and oxygen atoms in total. The van der Waals surface area contributed by atoms with Crippen LogP contribution in [0.15, 0.2) is 41.4 Å². The molecule has 0 radical (unpaired) electrons. The van der Waals surface area contributed by atoms with E-state index in [2.05, 4.69) is 22.5 Å². The third-order valence-electron chi connectivity index (χ3n) is 5.15. The number of ketones is 1. The molecule has 2 rings (SSSR count). The summed E-state index contributed by atoms with van der Waals surface area (Å²) in [5.74, 6) is -0.976. The Labute approximate surface area is 185 Å². The molecule has 0 saturated heterocycles. The quantitative estimate of drug-likeness (QED) is 0.321. The van der Waals surface area contributed by atoms with Gasteiger partial charge in [0.1, 0.15) is 5.69 Å². The van der Waals surface area contributed by atoms with Crippen molar-refractivity contribution in [1.82, 2.24) is 9.47 Å². The normalized spacial score (nSPS) is 11.7. The van der Waals surface area contributed by atoms with Crippen molar-refractivity contribution >= 4 is 33.6 Å². The van der Waals surface area contributed by atoms with Gasteiger partial charge in [-0.25, -0.2) is 4.79 Å². The highest BCUT2D eigenvalue weighted by molar-refractivity contribution is 9.10. The Bertz CT molecular complexity index is 993. The zero-order chi connectivity index (χ0) is 22.6. The van der Waals surface area contributed by atoms with Gasteiger partial charge in [0.05, 0.1) is 12.6 Å². The maximum Gasteiger partial charge on any atom is 0.355 e. The number of hydrogen-bond acceptors (Lipinski definition) is 4. The van der Waals surface area contributed by atoms with E-state index < -0.39 is 12.0 Å². The lowest BCUT2D eigenvalue weighted by Crippen LogP contribution is -2.43.